The van der Waals surface area contributed by atoms with Gasteiger partial charge >= 0.3 is 7.32 Å². The molecular formula is C11H25BO8. The largest absolute Gasteiger partial charge is 0.633 e. The van der Waals surface area contributed by atoms with E-state index in [-0.39, 0.29) is 13.2 Å². The summed E-state index contributed by atoms with van der Waals surface area (Å²) in [6.07, 6.45) is 0. The van der Waals surface area contributed by atoms with E-state index in [0.717, 1.165) is 0 Å². The van der Waals surface area contributed by atoms with Gasteiger partial charge in [-0.1, -0.05) is 0 Å². The number of hydrogen-bond donors (Lipinski definition) is 2. The lowest BCUT2D eigenvalue weighted by Crippen LogP contribution is -2.20. The predicted octanol–water partition coefficient (Wildman–Crippen LogP) is -1.31. The summed E-state index contributed by atoms with van der Waals surface area (Å²) in [4.78, 5) is 0. The van der Waals surface area contributed by atoms with Crippen LogP contribution in [0.5, 0.6) is 0 Å². The number of ether oxygens (including phenoxy) is 5. The van der Waals surface area contributed by atoms with Gasteiger partial charge in [0.05, 0.1) is 66.1 Å². The molecule has 0 unspecified atom stereocenters. The lowest BCUT2D eigenvalue weighted by molar-refractivity contribution is -0.0109. The monoisotopic (exact) mass is 296 g/mol. The van der Waals surface area contributed by atoms with E-state index in [0.29, 0.717) is 52.9 Å². The molecule has 0 aromatic carbocycles. The van der Waals surface area contributed by atoms with Crippen molar-refractivity contribution in [1.82, 2.24) is 0 Å². The van der Waals surface area contributed by atoms with Crippen molar-refractivity contribution in [3.8, 4) is 0 Å². The highest BCUT2D eigenvalue weighted by Gasteiger charge is 2.06. The third kappa shape index (κ3) is 17.7. The van der Waals surface area contributed by atoms with Crippen molar-refractivity contribution in [1.29, 1.82) is 0 Å². The Labute approximate surface area is 120 Å². The second-order valence-electron chi connectivity index (χ2n) is 3.64. The Morgan fingerprint density at radius 2 is 0.950 bits per heavy atom. The SMILES string of the molecule is COCCOCCOCCOCCOCCOB(O)O. The van der Waals surface area contributed by atoms with Crippen molar-refractivity contribution in [2.75, 3.05) is 73.2 Å². The first-order chi connectivity index (χ1) is 9.77. The maximum atomic E-state index is 8.38. The fourth-order valence-corrected chi connectivity index (χ4v) is 1.12. The summed E-state index contributed by atoms with van der Waals surface area (Å²) in [5.41, 5.74) is 0. The molecule has 0 bridgehead atoms. The third-order valence-electron chi connectivity index (χ3n) is 2.04. The van der Waals surface area contributed by atoms with Gasteiger partial charge in [-0.3, -0.25) is 0 Å². The molecule has 8 nitrogen and oxygen atoms in total. The molecule has 0 aliphatic carbocycles. The second kappa shape index (κ2) is 16.8. The molecule has 9 heteroatoms. The van der Waals surface area contributed by atoms with Gasteiger partial charge in [0.2, 0.25) is 0 Å². The predicted molar refractivity (Wildman–Crippen MR) is 71.3 cm³/mol. The van der Waals surface area contributed by atoms with Crippen LogP contribution in [-0.2, 0) is 28.3 Å². The Morgan fingerprint density at radius 3 is 1.30 bits per heavy atom. The quantitative estimate of drug-likeness (QED) is 0.268. The Balaban J connectivity index is 2.92. The van der Waals surface area contributed by atoms with Gasteiger partial charge < -0.3 is 38.4 Å². The summed E-state index contributed by atoms with van der Waals surface area (Å²) < 4.78 is 30.2. The average Bonchev–Trinajstić information content (AvgIpc) is 2.43. The molecular weight excluding hydrogens is 271 g/mol. The fraction of sp³-hybridized carbons (Fsp3) is 1.00. The summed E-state index contributed by atoms with van der Waals surface area (Å²) in [6, 6.07) is 0. The van der Waals surface area contributed by atoms with Gasteiger partial charge in [-0.2, -0.15) is 0 Å². The maximum absolute atomic E-state index is 8.38. The molecule has 120 valence electrons. The van der Waals surface area contributed by atoms with E-state index in [4.69, 9.17) is 33.7 Å². The molecule has 0 heterocycles. The normalized spacial score (nSPS) is 10.9. The van der Waals surface area contributed by atoms with Gasteiger partial charge in [-0.15, -0.1) is 0 Å². The first-order valence-electron chi connectivity index (χ1n) is 6.55. The molecule has 0 spiro atoms. The summed E-state index contributed by atoms with van der Waals surface area (Å²) in [5.74, 6) is 0. The van der Waals surface area contributed by atoms with Gasteiger partial charge in [0.1, 0.15) is 0 Å². The molecule has 0 fully saturated rings. The first-order valence-corrected chi connectivity index (χ1v) is 6.55. The molecule has 0 rings (SSSR count). The minimum Gasteiger partial charge on any atom is -0.402 e. The molecule has 0 aromatic heterocycles. The zero-order valence-corrected chi connectivity index (χ0v) is 12.0. The van der Waals surface area contributed by atoms with E-state index < -0.39 is 7.32 Å². The van der Waals surface area contributed by atoms with Crippen LogP contribution < -0.4 is 0 Å². The lowest BCUT2D eigenvalue weighted by atomic mass is 10.3. The topological polar surface area (TPSA) is 95.8 Å². The summed E-state index contributed by atoms with van der Waals surface area (Å²) in [5, 5.41) is 16.8. The smallest absolute Gasteiger partial charge is 0.402 e. The van der Waals surface area contributed by atoms with Crippen LogP contribution in [0.3, 0.4) is 0 Å². The minimum atomic E-state index is -1.74. The van der Waals surface area contributed by atoms with Crippen LogP contribution in [0.1, 0.15) is 0 Å². The molecule has 2 N–H and O–H groups in total. The lowest BCUT2D eigenvalue weighted by Gasteiger charge is -2.07. The Morgan fingerprint density at radius 1 is 0.600 bits per heavy atom. The Hall–Kier alpha value is -0.255. The highest BCUT2D eigenvalue weighted by Crippen LogP contribution is 1.84. The molecule has 0 aliphatic rings. The van der Waals surface area contributed by atoms with Gasteiger partial charge in [0, 0.05) is 7.11 Å². The van der Waals surface area contributed by atoms with Crippen LogP contribution in [0.25, 0.3) is 0 Å². The average molecular weight is 296 g/mol. The van der Waals surface area contributed by atoms with Crippen LogP contribution in [0.15, 0.2) is 0 Å². The molecule has 0 aliphatic heterocycles. The van der Waals surface area contributed by atoms with Crippen molar-refractivity contribution in [3.63, 3.8) is 0 Å². The summed E-state index contributed by atoms with van der Waals surface area (Å²) in [6.45, 7) is 4.53. The van der Waals surface area contributed by atoms with Crippen molar-refractivity contribution in [2.24, 2.45) is 0 Å². The number of hydrogen-bond acceptors (Lipinski definition) is 8. The molecule has 0 amide bonds. The zero-order chi connectivity index (χ0) is 14.9. The summed E-state index contributed by atoms with van der Waals surface area (Å²) >= 11 is 0. The van der Waals surface area contributed by atoms with Gasteiger partial charge in [0.15, 0.2) is 0 Å². The van der Waals surface area contributed by atoms with Gasteiger partial charge in [-0.05, 0) is 0 Å². The second-order valence-corrected chi connectivity index (χ2v) is 3.64. The standard InChI is InChI=1S/C11H25BO8/c1-15-2-3-16-4-5-17-6-7-18-8-9-19-10-11-20-12(13)14/h13-14H,2-11H2,1H3. The summed E-state index contributed by atoms with van der Waals surface area (Å²) in [7, 11) is -0.116. The molecule has 0 radical (unpaired) electrons. The van der Waals surface area contributed by atoms with E-state index >= 15 is 0 Å². The third-order valence-corrected chi connectivity index (χ3v) is 2.04. The van der Waals surface area contributed by atoms with Crippen LogP contribution in [0.4, 0.5) is 0 Å². The van der Waals surface area contributed by atoms with Crippen molar-refractivity contribution in [3.05, 3.63) is 0 Å². The van der Waals surface area contributed by atoms with E-state index in [2.05, 4.69) is 4.65 Å². The highest BCUT2D eigenvalue weighted by molar-refractivity contribution is 6.32. The first kappa shape index (κ1) is 19.7. The van der Waals surface area contributed by atoms with Crippen molar-refractivity contribution in [2.45, 2.75) is 0 Å². The fourth-order valence-electron chi connectivity index (χ4n) is 1.12. The van der Waals surface area contributed by atoms with Crippen LogP contribution >= 0.6 is 0 Å². The molecule has 0 saturated carbocycles. The zero-order valence-electron chi connectivity index (χ0n) is 12.0. The van der Waals surface area contributed by atoms with Gasteiger partial charge in [-0.25, -0.2) is 0 Å². The minimum absolute atomic E-state index is 0.129. The Bertz CT molecular complexity index is 184. The van der Waals surface area contributed by atoms with Crippen LogP contribution in [0, 0.1) is 0 Å². The number of rotatable bonds is 16. The molecule has 0 saturated heterocycles. The molecule has 0 atom stereocenters. The molecule has 20 heavy (non-hydrogen) atoms. The Kier molecular flexibility index (Phi) is 16.6. The van der Waals surface area contributed by atoms with E-state index in [1.54, 1.807) is 7.11 Å². The van der Waals surface area contributed by atoms with Crippen molar-refractivity contribution >= 4 is 7.32 Å². The van der Waals surface area contributed by atoms with E-state index in [1.165, 1.54) is 0 Å². The maximum Gasteiger partial charge on any atom is 0.633 e. The van der Waals surface area contributed by atoms with E-state index in [1.807, 2.05) is 0 Å². The van der Waals surface area contributed by atoms with E-state index in [9.17, 15) is 0 Å². The van der Waals surface area contributed by atoms with Gasteiger partial charge in [0.25, 0.3) is 0 Å². The van der Waals surface area contributed by atoms with Crippen molar-refractivity contribution < 1.29 is 38.4 Å². The number of methoxy groups -OCH3 is 1. The highest BCUT2D eigenvalue weighted by atomic mass is 16.6. The van der Waals surface area contributed by atoms with Crippen LogP contribution in [-0.4, -0.2) is 90.5 Å². The molecule has 0 aromatic rings. The van der Waals surface area contributed by atoms with Crippen LogP contribution in [0.2, 0.25) is 0 Å².